The minimum absolute atomic E-state index is 0.0923. The van der Waals surface area contributed by atoms with Crippen molar-refractivity contribution in [1.82, 2.24) is 0 Å². The van der Waals surface area contributed by atoms with Gasteiger partial charge in [-0.05, 0) is 76.7 Å². The molecule has 0 unspecified atom stereocenters. The number of furan rings is 1. The van der Waals surface area contributed by atoms with Gasteiger partial charge in [0.2, 0.25) is 0 Å². The first-order valence-corrected chi connectivity index (χ1v) is 16.7. The van der Waals surface area contributed by atoms with Crippen LogP contribution in [0.15, 0.2) is 144 Å². The molecule has 7 aromatic carbocycles. The molecular formula is C43H29NOS. The fraction of sp³-hybridized carbons (Fsp3) is 0.0698. The van der Waals surface area contributed by atoms with Crippen molar-refractivity contribution < 1.29 is 4.42 Å². The zero-order valence-electron chi connectivity index (χ0n) is 25.5. The summed E-state index contributed by atoms with van der Waals surface area (Å²) in [4.78, 5) is 2.46. The summed E-state index contributed by atoms with van der Waals surface area (Å²) in [5.41, 5.74) is 10.5. The van der Waals surface area contributed by atoms with Gasteiger partial charge in [0.05, 0.1) is 5.69 Å². The molecule has 1 aliphatic carbocycles. The molecule has 0 bridgehead atoms. The van der Waals surface area contributed by atoms with E-state index in [1.165, 1.54) is 53.5 Å². The van der Waals surface area contributed by atoms with Crippen LogP contribution in [0.25, 0.3) is 64.0 Å². The highest BCUT2D eigenvalue weighted by Crippen LogP contribution is 2.54. The Morgan fingerprint density at radius 3 is 2.15 bits per heavy atom. The molecule has 2 heterocycles. The molecule has 10 rings (SSSR count). The number of thiophene rings is 1. The first-order chi connectivity index (χ1) is 22.6. The third kappa shape index (κ3) is 3.52. The van der Waals surface area contributed by atoms with E-state index in [0.717, 1.165) is 38.7 Å². The lowest BCUT2D eigenvalue weighted by atomic mass is 9.82. The van der Waals surface area contributed by atoms with Crippen LogP contribution in [-0.2, 0) is 5.41 Å². The maximum absolute atomic E-state index is 6.54. The van der Waals surface area contributed by atoms with E-state index in [0.29, 0.717) is 0 Å². The molecule has 9 aromatic rings. The minimum atomic E-state index is -0.0923. The Labute approximate surface area is 270 Å². The molecule has 0 atom stereocenters. The van der Waals surface area contributed by atoms with Gasteiger partial charge in [-0.3, -0.25) is 0 Å². The number of para-hydroxylation sites is 1. The summed E-state index contributed by atoms with van der Waals surface area (Å²) in [6.07, 6.45) is 0. The highest BCUT2D eigenvalue weighted by atomic mass is 32.1. The van der Waals surface area contributed by atoms with Crippen molar-refractivity contribution in [3.8, 4) is 11.1 Å². The van der Waals surface area contributed by atoms with Gasteiger partial charge < -0.3 is 9.32 Å². The molecule has 46 heavy (non-hydrogen) atoms. The molecule has 2 nitrogen and oxygen atoms in total. The maximum atomic E-state index is 6.54. The van der Waals surface area contributed by atoms with Gasteiger partial charge in [0.1, 0.15) is 11.2 Å². The zero-order chi connectivity index (χ0) is 30.6. The molecule has 0 N–H and O–H groups in total. The lowest BCUT2D eigenvalue weighted by Gasteiger charge is -2.29. The summed E-state index contributed by atoms with van der Waals surface area (Å²) in [6, 6.07) is 51.0. The Balaban J connectivity index is 1.29. The third-order valence-electron chi connectivity index (χ3n) is 10.0. The number of benzene rings is 7. The molecule has 0 fully saturated rings. The fourth-order valence-corrected chi connectivity index (χ4v) is 8.92. The van der Waals surface area contributed by atoms with Crippen LogP contribution in [0.5, 0.6) is 0 Å². The first kappa shape index (κ1) is 25.9. The van der Waals surface area contributed by atoms with Crippen LogP contribution in [0, 0.1) is 0 Å². The first-order valence-electron chi connectivity index (χ1n) is 15.9. The summed E-state index contributed by atoms with van der Waals surface area (Å²) < 4.78 is 9.16. The SMILES string of the molecule is CC1(C)c2ccccc2-c2c(N(c3ccc4sc5ccccc5c4c3)c3ccc4ccc5c6ccccc6oc5c4c3)cccc21. The van der Waals surface area contributed by atoms with Crippen LogP contribution >= 0.6 is 11.3 Å². The van der Waals surface area contributed by atoms with E-state index in [9.17, 15) is 0 Å². The van der Waals surface area contributed by atoms with Gasteiger partial charge in [-0.1, -0.05) is 98.8 Å². The summed E-state index contributed by atoms with van der Waals surface area (Å²) in [5.74, 6) is 0. The second kappa shape index (κ2) is 9.32. The zero-order valence-corrected chi connectivity index (χ0v) is 26.4. The van der Waals surface area contributed by atoms with Crippen LogP contribution in [-0.4, -0.2) is 0 Å². The number of fused-ring (bicyclic) bond motifs is 11. The van der Waals surface area contributed by atoms with Gasteiger partial charge in [0, 0.05) is 58.7 Å². The summed E-state index contributed by atoms with van der Waals surface area (Å²) in [5, 5.41) is 7.17. The van der Waals surface area contributed by atoms with Gasteiger partial charge in [0.15, 0.2) is 0 Å². The highest BCUT2D eigenvalue weighted by molar-refractivity contribution is 7.25. The molecule has 3 heteroatoms. The van der Waals surface area contributed by atoms with Crippen molar-refractivity contribution in [2.45, 2.75) is 19.3 Å². The Hall–Kier alpha value is -5.38. The second-order valence-electron chi connectivity index (χ2n) is 12.9. The Kier molecular flexibility index (Phi) is 5.25. The molecule has 0 saturated heterocycles. The van der Waals surface area contributed by atoms with E-state index in [4.69, 9.17) is 4.42 Å². The molecule has 2 aromatic heterocycles. The van der Waals surface area contributed by atoms with Crippen molar-refractivity contribution in [3.05, 3.63) is 151 Å². The summed E-state index contributed by atoms with van der Waals surface area (Å²) in [6.45, 7) is 4.70. The molecule has 0 radical (unpaired) electrons. The third-order valence-corrected chi connectivity index (χ3v) is 11.2. The second-order valence-corrected chi connectivity index (χ2v) is 14.0. The average Bonchev–Trinajstić information content (AvgIpc) is 3.73. The molecule has 218 valence electrons. The number of nitrogens with zero attached hydrogens (tertiary/aromatic N) is 1. The molecular weight excluding hydrogens is 579 g/mol. The van der Waals surface area contributed by atoms with E-state index in [1.54, 1.807) is 0 Å². The van der Waals surface area contributed by atoms with Crippen LogP contribution in [0.1, 0.15) is 25.0 Å². The van der Waals surface area contributed by atoms with Crippen LogP contribution in [0.2, 0.25) is 0 Å². The highest BCUT2D eigenvalue weighted by Gasteiger charge is 2.37. The quantitative estimate of drug-likeness (QED) is 0.199. The Morgan fingerprint density at radius 1 is 0.543 bits per heavy atom. The number of hydrogen-bond acceptors (Lipinski definition) is 3. The van der Waals surface area contributed by atoms with E-state index >= 15 is 0 Å². The van der Waals surface area contributed by atoms with E-state index < -0.39 is 0 Å². The lowest BCUT2D eigenvalue weighted by molar-refractivity contribution is 0.660. The molecule has 1 aliphatic rings. The monoisotopic (exact) mass is 607 g/mol. The van der Waals surface area contributed by atoms with Gasteiger partial charge >= 0.3 is 0 Å². The summed E-state index contributed by atoms with van der Waals surface area (Å²) >= 11 is 1.86. The number of anilines is 3. The van der Waals surface area contributed by atoms with Crippen LogP contribution in [0.3, 0.4) is 0 Å². The standard InChI is InChI=1S/C43H29NOS/c1-43(2)35-13-6-3-12-32(35)41-36(43)14-9-15-37(41)44(28-21-23-40-34(25-28)30-11-5-8-17-39(30)46-40)27-20-18-26-19-22-31-29-10-4-7-16-38(29)45-42(31)33(26)24-27/h3-25H,1-2H3. The van der Waals surface area contributed by atoms with E-state index in [-0.39, 0.29) is 5.41 Å². The largest absolute Gasteiger partial charge is 0.455 e. The van der Waals surface area contributed by atoms with Crippen LogP contribution in [0.4, 0.5) is 17.1 Å². The van der Waals surface area contributed by atoms with Crippen molar-refractivity contribution in [2.75, 3.05) is 4.90 Å². The normalized spacial score (nSPS) is 13.6. The molecule has 0 aliphatic heterocycles. The van der Waals surface area contributed by atoms with Gasteiger partial charge in [-0.15, -0.1) is 11.3 Å². The van der Waals surface area contributed by atoms with Crippen molar-refractivity contribution >= 4 is 81.3 Å². The van der Waals surface area contributed by atoms with Gasteiger partial charge in [0.25, 0.3) is 0 Å². The van der Waals surface area contributed by atoms with Gasteiger partial charge in [-0.2, -0.15) is 0 Å². The maximum Gasteiger partial charge on any atom is 0.143 e. The predicted molar refractivity (Wildman–Crippen MR) is 196 cm³/mol. The smallest absolute Gasteiger partial charge is 0.143 e. The number of hydrogen-bond donors (Lipinski definition) is 0. The minimum Gasteiger partial charge on any atom is -0.455 e. The summed E-state index contributed by atoms with van der Waals surface area (Å²) in [7, 11) is 0. The van der Waals surface area contributed by atoms with E-state index in [2.05, 4.69) is 152 Å². The lowest BCUT2D eigenvalue weighted by Crippen LogP contribution is -2.16. The fourth-order valence-electron chi connectivity index (χ4n) is 7.83. The topological polar surface area (TPSA) is 16.4 Å². The van der Waals surface area contributed by atoms with Crippen molar-refractivity contribution in [3.63, 3.8) is 0 Å². The molecule has 0 amide bonds. The van der Waals surface area contributed by atoms with Gasteiger partial charge in [-0.25, -0.2) is 0 Å². The van der Waals surface area contributed by atoms with Crippen molar-refractivity contribution in [2.24, 2.45) is 0 Å². The average molecular weight is 608 g/mol. The Bertz CT molecular complexity index is 2690. The van der Waals surface area contributed by atoms with E-state index in [1.807, 2.05) is 17.4 Å². The molecule has 0 saturated carbocycles. The Morgan fingerprint density at radius 2 is 1.24 bits per heavy atom. The predicted octanol–water partition coefficient (Wildman–Crippen LogP) is 12.9. The van der Waals surface area contributed by atoms with Crippen molar-refractivity contribution in [1.29, 1.82) is 0 Å². The molecule has 0 spiro atoms. The van der Waals surface area contributed by atoms with Crippen LogP contribution < -0.4 is 4.90 Å². The number of rotatable bonds is 3.